The number of hydrogen-bond acceptors (Lipinski definition) is 4. The number of aromatic amines is 1. The molecule has 4 N–H and O–H groups in total. The molecule has 0 bridgehead atoms. The largest absolute Gasteiger partial charge is 0.495 e. The molecule has 1 aromatic carbocycles. The number of ether oxygens (including phenoxy) is 1. The van der Waals surface area contributed by atoms with Crippen LogP contribution >= 0.6 is 11.6 Å². The monoisotopic (exact) mass is 320 g/mol. The molecule has 0 saturated heterocycles. The lowest BCUT2D eigenvalue weighted by Gasteiger charge is -2.08. The first-order valence-corrected chi connectivity index (χ1v) is 7.35. The molecule has 1 heterocycles. The first-order valence-electron chi connectivity index (χ1n) is 6.97. The van der Waals surface area contributed by atoms with Crippen molar-refractivity contribution in [1.29, 1.82) is 0 Å². The van der Waals surface area contributed by atoms with Crippen LogP contribution in [0.15, 0.2) is 23.2 Å². The summed E-state index contributed by atoms with van der Waals surface area (Å²) in [6.45, 7) is 0.350. The maximum Gasteiger partial charge on any atom is 0.193 e. The molecule has 0 aliphatic heterocycles. The molecular weight excluding hydrogens is 304 g/mol. The van der Waals surface area contributed by atoms with Crippen molar-refractivity contribution in [3.63, 3.8) is 0 Å². The van der Waals surface area contributed by atoms with Crippen LogP contribution in [-0.4, -0.2) is 28.3 Å². The van der Waals surface area contributed by atoms with E-state index < -0.39 is 0 Å². The zero-order valence-corrected chi connectivity index (χ0v) is 12.9. The Kier molecular flexibility index (Phi) is 4.15. The number of methoxy groups -OCH3 is 1. The highest BCUT2D eigenvalue weighted by atomic mass is 35.5. The van der Waals surface area contributed by atoms with Crippen LogP contribution in [0, 0.1) is 0 Å². The second kappa shape index (κ2) is 6.23. The maximum absolute atomic E-state index is 6.06. The summed E-state index contributed by atoms with van der Waals surface area (Å²) >= 11 is 6.06. The number of anilines is 1. The Morgan fingerprint density at radius 3 is 3.05 bits per heavy atom. The van der Waals surface area contributed by atoms with Crippen LogP contribution in [-0.2, 0) is 6.54 Å². The van der Waals surface area contributed by atoms with Gasteiger partial charge in [-0.1, -0.05) is 11.6 Å². The summed E-state index contributed by atoms with van der Waals surface area (Å²) in [6, 6.07) is 5.30. The van der Waals surface area contributed by atoms with E-state index in [-0.39, 0.29) is 5.96 Å². The quantitative estimate of drug-likeness (QED) is 0.579. The third-order valence-electron chi connectivity index (χ3n) is 3.31. The van der Waals surface area contributed by atoms with E-state index >= 15 is 0 Å². The first-order chi connectivity index (χ1) is 10.7. The van der Waals surface area contributed by atoms with Gasteiger partial charge in [-0.3, -0.25) is 5.10 Å². The zero-order chi connectivity index (χ0) is 15.5. The van der Waals surface area contributed by atoms with Crippen molar-refractivity contribution in [2.75, 3.05) is 12.4 Å². The van der Waals surface area contributed by atoms with Crippen molar-refractivity contribution in [3.05, 3.63) is 34.9 Å². The molecule has 0 atom stereocenters. The second-order valence-electron chi connectivity index (χ2n) is 5.09. The van der Waals surface area contributed by atoms with E-state index in [9.17, 15) is 0 Å². The molecule has 0 spiro atoms. The molecule has 2 aromatic rings. The van der Waals surface area contributed by atoms with Gasteiger partial charge in [-0.15, -0.1) is 0 Å². The van der Waals surface area contributed by atoms with Crippen molar-refractivity contribution in [2.45, 2.75) is 25.3 Å². The molecule has 1 aromatic heterocycles. The van der Waals surface area contributed by atoms with Gasteiger partial charge >= 0.3 is 0 Å². The van der Waals surface area contributed by atoms with Crippen LogP contribution in [0.5, 0.6) is 5.75 Å². The Bertz CT molecular complexity index is 694. The number of halogens is 1. The third kappa shape index (κ3) is 3.48. The van der Waals surface area contributed by atoms with E-state index in [0.29, 0.717) is 29.1 Å². The lowest BCUT2D eigenvalue weighted by atomic mass is 10.3. The molecule has 0 amide bonds. The Morgan fingerprint density at radius 2 is 2.36 bits per heavy atom. The van der Waals surface area contributed by atoms with Crippen molar-refractivity contribution in [1.82, 2.24) is 15.2 Å². The van der Waals surface area contributed by atoms with Crippen LogP contribution in [0.1, 0.15) is 30.4 Å². The average Bonchev–Trinajstić information content (AvgIpc) is 3.24. The molecule has 1 saturated carbocycles. The summed E-state index contributed by atoms with van der Waals surface area (Å²) in [5.74, 6) is 2.99. The van der Waals surface area contributed by atoms with Gasteiger partial charge in [-0.2, -0.15) is 5.10 Å². The topological polar surface area (TPSA) is 101 Å². The summed E-state index contributed by atoms with van der Waals surface area (Å²) in [6.07, 6.45) is 2.34. The van der Waals surface area contributed by atoms with Crippen LogP contribution in [0.25, 0.3) is 0 Å². The van der Waals surface area contributed by atoms with E-state index in [0.717, 1.165) is 11.5 Å². The number of aromatic nitrogens is 3. The minimum Gasteiger partial charge on any atom is -0.495 e. The van der Waals surface area contributed by atoms with E-state index in [4.69, 9.17) is 22.1 Å². The number of hydrogen-bond donors (Lipinski definition) is 3. The van der Waals surface area contributed by atoms with Crippen molar-refractivity contribution in [3.8, 4) is 5.75 Å². The highest BCUT2D eigenvalue weighted by Gasteiger charge is 2.27. The number of nitrogens with two attached hydrogens (primary N) is 1. The minimum absolute atomic E-state index is 0.283. The van der Waals surface area contributed by atoms with Crippen LogP contribution in [0.2, 0.25) is 5.02 Å². The number of nitrogens with zero attached hydrogens (tertiary/aromatic N) is 3. The fourth-order valence-electron chi connectivity index (χ4n) is 2.00. The van der Waals surface area contributed by atoms with Gasteiger partial charge in [0.1, 0.15) is 18.1 Å². The average molecular weight is 321 g/mol. The van der Waals surface area contributed by atoms with Gasteiger partial charge < -0.3 is 15.8 Å². The zero-order valence-electron chi connectivity index (χ0n) is 12.1. The Balaban J connectivity index is 1.60. The summed E-state index contributed by atoms with van der Waals surface area (Å²) < 4.78 is 5.10. The number of rotatable bonds is 5. The smallest absolute Gasteiger partial charge is 0.193 e. The van der Waals surface area contributed by atoms with Gasteiger partial charge in [0.25, 0.3) is 0 Å². The molecule has 22 heavy (non-hydrogen) atoms. The molecule has 8 heteroatoms. The Morgan fingerprint density at radius 1 is 1.55 bits per heavy atom. The van der Waals surface area contributed by atoms with Gasteiger partial charge in [0, 0.05) is 11.6 Å². The van der Waals surface area contributed by atoms with E-state index in [1.807, 2.05) is 6.07 Å². The number of H-pyrrole nitrogens is 1. The summed E-state index contributed by atoms with van der Waals surface area (Å²) in [4.78, 5) is 8.62. The van der Waals surface area contributed by atoms with E-state index in [1.54, 1.807) is 19.2 Å². The Hall–Kier alpha value is -2.28. The lowest BCUT2D eigenvalue weighted by Crippen LogP contribution is -2.22. The molecule has 3 rings (SSSR count). The van der Waals surface area contributed by atoms with Crippen LogP contribution < -0.4 is 15.8 Å². The number of benzene rings is 1. The normalized spacial score (nSPS) is 14.9. The number of nitrogens with one attached hydrogen (secondary N) is 2. The number of guanidine groups is 1. The number of aliphatic imine (C=N–C) groups is 1. The van der Waals surface area contributed by atoms with Gasteiger partial charge in [0.05, 0.1) is 12.1 Å². The third-order valence-corrected chi connectivity index (χ3v) is 3.61. The highest BCUT2D eigenvalue weighted by molar-refractivity contribution is 6.32. The molecule has 116 valence electrons. The van der Waals surface area contributed by atoms with Crippen LogP contribution in [0.3, 0.4) is 0 Å². The summed E-state index contributed by atoms with van der Waals surface area (Å²) in [7, 11) is 1.57. The SMILES string of the molecule is COc1ccc(NC(N)=NCc2nc(C3CC3)n[nH]2)cc1Cl. The highest BCUT2D eigenvalue weighted by Crippen LogP contribution is 2.37. The van der Waals surface area contributed by atoms with Gasteiger partial charge in [-0.05, 0) is 31.0 Å². The first kappa shape index (κ1) is 14.6. The fraction of sp³-hybridized carbons (Fsp3) is 0.357. The van der Waals surface area contributed by atoms with Gasteiger partial charge in [-0.25, -0.2) is 9.98 Å². The predicted molar refractivity (Wildman–Crippen MR) is 85.3 cm³/mol. The van der Waals surface area contributed by atoms with Crippen LogP contribution in [0.4, 0.5) is 5.69 Å². The summed E-state index contributed by atoms with van der Waals surface area (Å²) in [5, 5.41) is 10.5. The van der Waals surface area contributed by atoms with Crippen molar-refractivity contribution in [2.24, 2.45) is 10.7 Å². The standard InChI is InChI=1S/C14H17ClN6O/c1-22-11-5-4-9(6-10(11)15)18-14(16)17-7-12-19-13(21-20-12)8-2-3-8/h4-6,8H,2-3,7H2,1H3,(H3,16,17,18)(H,19,20,21). The van der Waals surface area contributed by atoms with E-state index in [2.05, 4.69) is 25.5 Å². The molecular formula is C14H17ClN6O. The van der Waals surface area contributed by atoms with Crippen molar-refractivity contribution >= 4 is 23.2 Å². The van der Waals surface area contributed by atoms with Crippen molar-refractivity contribution < 1.29 is 4.74 Å². The summed E-state index contributed by atoms with van der Waals surface area (Å²) in [5.41, 5.74) is 6.59. The Labute approximate surface area is 132 Å². The maximum atomic E-state index is 6.06. The van der Waals surface area contributed by atoms with Gasteiger partial charge in [0.15, 0.2) is 11.8 Å². The minimum atomic E-state index is 0.283. The molecule has 1 fully saturated rings. The molecule has 7 nitrogen and oxygen atoms in total. The van der Waals surface area contributed by atoms with Gasteiger partial charge in [0.2, 0.25) is 0 Å². The molecule has 1 aliphatic carbocycles. The lowest BCUT2D eigenvalue weighted by molar-refractivity contribution is 0.415. The predicted octanol–water partition coefficient (Wildman–Crippen LogP) is 2.27. The second-order valence-corrected chi connectivity index (χ2v) is 5.50. The molecule has 0 unspecified atom stereocenters. The molecule has 0 radical (unpaired) electrons. The van der Waals surface area contributed by atoms with E-state index in [1.165, 1.54) is 12.8 Å². The fourth-order valence-corrected chi connectivity index (χ4v) is 2.25. The molecule has 1 aliphatic rings.